The van der Waals surface area contributed by atoms with Crippen LogP contribution in [0.3, 0.4) is 0 Å². The van der Waals surface area contributed by atoms with E-state index >= 15 is 0 Å². The lowest BCUT2D eigenvalue weighted by Gasteiger charge is -2.34. The summed E-state index contributed by atoms with van der Waals surface area (Å²) in [5.74, 6) is 3.76. The molecular weight excluding hydrogens is 697 g/mol. The Bertz CT molecular complexity index is 2860. The Kier molecular flexibility index (Phi) is 7.41. The van der Waals surface area contributed by atoms with Crippen molar-refractivity contribution in [1.29, 1.82) is 0 Å². The van der Waals surface area contributed by atoms with Crippen LogP contribution in [-0.4, -0.2) is 29.9 Å². The zero-order chi connectivity index (χ0) is 38.1. The highest BCUT2D eigenvalue weighted by atomic mass is 15.0. The second-order valence-electron chi connectivity index (χ2n) is 15.1. The summed E-state index contributed by atoms with van der Waals surface area (Å²) >= 11 is 0. The highest BCUT2D eigenvalue weighted by molar-refractivity contribution is 6.28. The molecule has 0 unspecified atom stereocenters. The molecule has 57 heavy (non-hydrogen) atoms. The van der Waals surface area contributed by atoms with Crippen LogP contribution in [0.2, 0.25) is 0 Å². The molecule has 0 saturated heterocycles. The summed E-state index contributed by atoms with van der Waals surface area (Å²) in [4.78, 5) is 30.9. The third-order valence-electron chi connectivity index (χ3n) is 11.3. The number of hydrogen-bond donors (Lipinski definition) is 0. The van der Waals surface area contributed by atoms with Gasteiger partial charge in [-0.3, -0.25) is 0 Å². The molecular formula is C51H34N6. The lowest BCUT2D eigenvalue weighted by molar-refractivity contribution is 0.652. The van der Waals surface area contributed by atoms with Gasteiger partial charge in [-0.25, -0.2) is 29.9 Å². The molecule has 268 valence electrons. The quantitative estimate of drug-likeness (QED) is 0.159. The molecule has 0 amide bonds. The molecule has 2 heterocycles. The van der Waals surface area contributed by atoms with Crippen LogP contribution in [0, 0.1) is 0 Å². The standard InChI is InChI=1S/C51H34N6/c1-51(2)40-27-15-25-36-38(49-54-45(31-17-7-3-8-18-31)52-46(55-49)32-19-9-4-10-20-32)29-35-30-39(37-26-16-28-41(51)44(37)42(35)43(36)40)50-56-47(33-21-11-5-12-22-33)53-48(57-50)34-23-13-6-14-24-34/h3-30H,1-2H3. The molecule has 0 bridgehead atoms. The Balaban J connectivity index is 1.25. The lowest BCUT2D eigenvalue weighted by Crippen LogP contribution is -2.22. The molecule has 0 spiro atoms. The van der Waals surface area contributed by atoms with Crippen LogP contribution >= 0.6 is 0 Å². The van der Waals surface area contributed by atoms with Gasteiger partial charge in [-0.05, 0) is 55.6 Å². The molecule has 1 aliphatic rings. The molecule has 0 N–H and O–H groups in total. The Morgan fingerprint density at radius 3 is 0.965 bits per heavy atom. The summed E-state index contributed by atoms with van der Waals surface area (Å²) in [6.07, 6.45) is 0. The Labute approximate surface area is 329 Å². The van der Waals surface area contributed by atoms with E-state index in [-0.39, 0.29) is 5.41 Å². The fraction of sp³-hybridized carbons (Fsp3) is 0.0588. The van der Waals surface area contributed by atoms with Gasteiger partial charge in [-0.2, -0.15) is 0 Å². The molecule has 0 saturated carbocycles. The van der Waals surface area contributed by atoms with E-state index < -0.39 is 0 Å². The van der Waals surface area contributed by atoms with Gasteiger partial charge in [0.15, 0.2) is 34.9 Å². The minimum Gasteiger partial charge on any atom is -0.208 e. The topological polar surface area (TPSA) is 77.3 Å². The Morgan fingerprint density at radius 1 is 0.316 bits per heavy atom. The van der Waals surface area contributed by atoms with Gasteiger partial charge < -0.3 is 0 Å². The van der Waals surface area contributed by atoms with Gasteiger partial charge in [0, 0.05) is 38.8 Å². The third kappa shape index (κ3) is 5.33. The van der Waals surface area contributed by atoms with Crippen molar-refractivity contribution < 1.29 is 0 Å². The number of hydrogen-bond acceptors (Lipinski definition) is 6. The molecule has 6 nitrogen and oxygen atoms in total. The number of rotatable bonds is 6. The summed E-state index contributed by atoms with van der Waals surface area (Å²) in [6, 6.07) is 58.4. The van der Waals surface area contributed by atoms with E-state index in [1.54, 1.807) is 0 Å². The molecule has 2 aromatic heterocycles. The van der Waals surface area contributed by atoms with Gasteiger partial charge in [0.05, 0.1) is 0 Å². The normalized spacial score (nSPS) is 12.9. The van der Waals surface area contributed by atoms with Crippen molar-refractivity contribution in [2.24, 2.45) is 0 Å². The van der Waals surface area contributed by atoms with Gasteiger partial charge in [0.2, 0.25) is 0 Å². The van der Waals surface area contributed by atoms with Gasteiger partial charge in [-0.1, -0.05) is 172 Å². The maximum Gasteiger partial charge on any atom is 0.164 e. The number of benzene rings is 8. The summed E-state index contributed by atoms with van der Waals surface area (Å²) in [7, 11) is 0. The molecule has 11 rings (SSSR count). The van der Waals surface area contributed by atoms with Crippen LogP contribution in [0.25, 0.3) is 101 Å². The predicted molar refractivity (Wildman–Crippen MR) is 230 cm³/mol. The second-order valence-corrected chi connectivity index (χ2v) is 15.1. The molecule has 0 atom stereocenters. The zero-order valence-electron chi connectivity index (χ0n) is 31.3. The molecule has 0 aliphatic heterocycles. The molecule has 6 heteroatoms. The average Bonchev–Trinajstić information content (AvgIpc) is 3.28. The summed E-state index contributed by atoms with van der Waals surface area (Å²) in [5.41, 5.74) is 7.87. The summed E-state index contributed by atoms with van der Waals surface area (Å²) < 4.78 is 0. The fourth-order valence-corrected chi connectivity index (χ4v) is 8.57. The summed E-state index contributed by atoms with van der Waals surface area (Å²) in [6.45, 7) is 4.66. The number of nitrogens with zero attached hydrogens (tertiary/aromatic N) is 6. The van der Waals surface area contributed by atoms with Crippen molar-refractivity contribution >= 4 is 32.3 Å². The minimum absolute atomic E-state index is 0.302. The van der Waals surface area contributed by atoms with Crippen molar-refractivity contribution in [3.8, 4) is 68.3 Å². The van der Waals surface area contributed by atoms with E-state index in [4.69, 9.17) is 29.9 Å². The lowest BCUT2D eigenvalue weighted by atomic mass is 9.68. The largest absolute Gasteiger partial charge is 0.208 e. The average molecular weight is 731 g/mol. The van der Waals surface area contributed by atoms with E-state index in [1.807, 2.05) is 121 Å². The number of aromatic nitrogens is 6. The highest BCUT2D eigenvalue weighted by Crippen LogP contribution is 2.52. The fourth-order valence-electron chi connectivity index (χ4n) is 8.57. The third-order valence-corrected chi connectivity index (χ3v) is 11.3. The smallest absolute Gasteiger partial charge is 0.164 e. The first-order valence-electron chi connectivity index (χ1n) is 19.2. The second kappa shape index (κ2) is 12.8. The van der Waals surface area contributed by atoms with Gasteiger partial charge in [0.1, 0.15) is 0 Å². The van der Waals surface area contributed by atoms with E-state index in [0.29, 0.717) is 34.9 Å². The Morgan fingerprint density at radius 2 is 0.632 bits per heavy atom. The van der Waals surface area contributed by atoms with Crippen LogP contribution in [0.4, 0.5) is 0 Å². The van der Waals surface area contributed by atoms with Crippen LogP contribution < -0.4 is 0 Å². The van der Waals surface area contributed by atoms with E-state index in [9.17, 15) is 0 Å². The molecule has 1 aliphatic carbocycles. The molecule has 0 fully saturated rings. The van der Waals surface area contributed by atoms with Gasteiger partial charge in [0.25, 0.3) is 0 Å². The highest BCUT2D eigenvalue weighted by Gasteiger charge is 2.34. The minimum atomic E-state index is -0.302. The van der Waals surface area contributed by atoms with Crippen molar-refractivity contribution in [2.45, 2.75) is 19.3 Å². The van der Waals surface area contributed by atoms with Crippen LogP contribution in [0.5, 0.6) is 0 Å². The van der Waals surface area contributed by atoms with Gasteiger partial charge in [-0.15, -0.1) is 0 Å². The Hall–Kier alpha value is -7.44. The van der Waals surface area contributed by atoms with E-state index in [1.165, 1.54) is 27.3 Å². The first kappa shape index (κ1) is 32.9. The molecule has 10 aromatic rings. The first-order chi connectivity index (χ1) is 28.0. The predicted octanol–water partition coefficient (Wildman–Crippen LogP) is 12.2. The van der Waals surface area contributed by atoms with Crippen molar-refractivity contribution in [1.82, 2.24) is 29.9 Å². The van der Waals surface area contributed by atoms with Crippen molar-refractivity contribution in [3.63, 3.8) is 0 Å². The van der Waals surface area contributed by atoms with Crippen molar-refractivity contribution in [2.75, 3.05) is 0 Å². The van der Waals surface area contributed by atoms with Crippen LogP contribution in [0.1, 0.15) is 25.0 Å². The maximum atomic E-state index is 5.22. The van der Waals surface area contributed by atoms with E-state index in [0.717, 1.165) is 49.5 Å². The SMILES string of the molecule is CC1(C)c2cccc3c(-c4nc(-c5ccccc5)nc(-c5ccccc5)n4)cc4cc(-c5nc(-c6ccccc6)nc(-c6ccccc6)n5)c5cccc1c5c4c23. The van der Waals surface area contributed by atoms with Gasteiger partial charge >= 0.3 is 0 Å². The summed E-state index contributed by atoms with van der Waals surface area (Å²) in [5, 5.41) is 6.95. The van der Waals surface area contributed by atoms with E-state index in [2.05, 4.69) is 62.4 Å². The first-order valence-corrected chi connectivity index (χ1v) is 19.2. The molecule has 0 radical (unpaired) electrons. The zero-order valence-corrected chi connectivity index (χ0v) is 31.3. The van der Waals surface area contributed by atoms with Crippen LogP contribution in [0.15, 0.2) is 170 Å². The maximum absolute atomic E-state index is 5.22. The monoisotopic (exact) mass is 730 g/mol. The van der Waals surface area contributed by atoms with Crippen molar-refractivity contribution in [3.05, 3.63) is 181 Å². The molecule has 8 aromatic carbocycles. The van der Waals surface area contributed by atoms with Crippen LogP contribution in [-0.2, 0) is 5.41 Å².